The number of hydrogen-bond donors (Lipinski definition) is 2. The second kappa shape index (κ2) is 6.43. The van der Waals surface area contributed by atoms with Crippen LogP contribution in [0.1, 0.15) is 25.7 Å². The van der Waals surface area contributed by atoms with E-state index in [0.29, 0.717) is 12.0 Å². The first-order valence-corrected chi connectivity index (χ1v) is 7.34. The molecule has 2 atom stereocenters. The van der Waals surface area contributed by atoms with Crippen molar-refractivity contribution in [3.05, 3.63) is 22.7 Å². The van der Waals surface area contributed by atoms with Crippen LogP contribution in [0.3, 0.4) is 0 Å². The second-order valence-corrected chi connectivity index (χ2v) is 5.73. The Bertz CT molecular complexity index is 397. The Labute approximate surface area is 117 Å². The van der Waals surface area contributed by atoms with Gasteiger partial charge in [0.15, 0.2) is 0 Å². The molecule has 3 N–H and O–H groups in total. The minimum atomic E-state index is 0.479. The van der Waals surface area contributed by atoms with Crippen molar-refractivity contribution in [2.24, 2.45) is 11.7 Å². The van der Waals surface area contributed by atoms with Crippen molar-refractivity contribution in [1.82, 2.24) is 0 Å². The Hall–Kier alpha value is -0.740. The van der Waals surface area contributed by atoms with Crippen molar-refractivity contribution >= 4 is 21.6 Å². The number of anilines is 1. The van der Waals surface area contributed by atoms with Gasteiger partial charge in [0.1, 0.15) is 5.75 Å². The lowest BCUT2D eigenvalue weighted by Crippen LogP contribution is -2.36. The number of rotatable bonds is 4. The molecule has 2 unspecified atom stereocenters. The van der Waals surface area contributed by atoms with Gasteiger partial charge in [0, 0.05) is 16.6 Å². The van der Waals surface area contributed by atoms with Gasteiger partial charge in [-0.2, -0.15) is 0 Å². The Morgan fingerprint density at radius 1 is 1.39 bits per heavy atom. The fourth-order valence-electron chi connectivity index (χ4n) is 2.62. The Balaban J connectivity index is 2.11. The Morgan fingerprint density at radius 2 is 2.17 bits per heavy atom. The summed E-state index contributed by atoms with van der Waals surface area (Å²) >= 11 is 3.58. The Morgan fingerprint density at radius 3 is 2.89 bits per heavy atom. The highest BCUT2D eigenvalue weighted by Crippen LogP contribution is 2.32. The molecule has 2 rings (SSSR count). The van der Waals surface area contributed by atoms with E-state index in [1.165, 1.54) is 25.7 Å². The van der Waals surface area contributed by atoms with Crippen LogP contribution in [0.2, 0.25) is 0 Å². The van der Waals surface area contributed by atoms with Crippen molar-refractivity contribution in [1.29, 1.82) is 0 Å². The van der Waals surface area contributed by atoms with Crippen LogP contribution in [0.5, 0.6) is 5.75 Å². The van der Waals surface area contributed by atoms with E-state index in [1.54, 1.807) is 7.11 Å². The van der Waals surface area contributed by atoms with Gasteiger partial charge < -0.3 is 15.8 Å². The van der Waals surface area contributed by atoms with Gasteiger partial charge >= 0.3 is 0 Å². The van der Waals surface area contributed by atoms with Gasteiger partial charge in [-0.15, -0.1) is 0 Å². The maximum Gasteiger partial charge on any atom is 0.121 e. The highest BCUT2D eigenvalue weighted by molar-refractivity contribution is 9.10. The molecule has 0 spiro atoms. The van der Waals surface area contributed by atoms with E-state index < -0.39 is 0 Å². The summed E-state index contributed by atoms with van der Waals surface area (Å²) in [6.07, 6.45) is 5.02. The van der Waals surface area contributed by atoms with Crippen LogP contribution in [-0.4, -0.2) is 19.7 Å². The third kappa shape index (κ3) is 3.18. The lowest BCUT2D eigenvalue weighted by Gasteiger charge is -2.32. The van der Waals surface area contributed by atoms with Crippen LogP contribution in [0.25, 0.3) is 0 Å². The van der Waals surface area contributed by atoms with Crippen molar-refractivity contribution < 1.29 is 4.74 Å². The van der Waals surface area contributed by atoms with Gasteiger partial charge in [-0.25, -0.2) is 0 Å². The average molecular weight is 313 g/mol. The van der Waals surface area contributed by atoms with Crippen LogP contribution < -0.4 is 15.8 Å². The molecule has 0 radical (unpaired) electrons. The average Bonchev–Trinajstić information content (AvgIpc) is 2.42. The molecular weight excluding hydrogens is 292 g/mol. The van der Waals surface area contributed by atoms with E-state index in [9.17, 15) is 0 Å². The zero-order valence-corrected chi connectivity index (χ0v) is 12.4. The van der Waals surface area contributed by atoms with Crippen LogP contribution in [0.15, 0.2) is 22.7 Å². The van der Waals surface area contributed by atoms with E-state index in [1.807, 2.05) is 18.2 Å². The minimum absolute atomic E-state index is 0.479. The molecule has 0 aromatic heterocycles. The van der Waals surface area contributed by atoms with Gasteiger partial charge in [-0.3, -0.25) is 0 Å². The topological polar surface area (TPSA) is 47.3 Å². The van der Waals surface area contributed by atoms with Gasteiger partial charge in [0.05, 0.1) is 12.8 Å². The molecular formula is C14H21BrN2O. The SMILES string of the molecule is COc1ccc(Br)c(NC2CCCCC2CN)c1. The second-order valence-electron chi connectivity index (χ2n) is 4.88. The fraction of sp³-hybridized carbons (Fsp3) is 0.571. The maximum absolute atomic E-state index is 5.87. The molecule has 0 heterocycles. The largest absolute Gasteiger partial charge is 0.497 e. The lowest BCUT2D eigenvalue weighted by atomic mass is 9.84. The highest BCUT2D eigenvalue weighted by Gasteiger charge is 2.24. The van der Waals surface area contributed by atoms with Gasteiger partial charge in [-0.1, -0.05) is 12.8 Å². The monoisotopic (exact) mass is 312 g/mol. The lowest BCUT2D eigenvalue weighted by molar-refractivity contribution is 0.332. The van der Waals surface area contributed by atoms with Gasteiger partial charge in [0.2, 0.25) is 0 Å². The molecule has 3 nitrogen and oxygen atoms in total. The van der Waals surface area contributed by atoms with Crippen molar-refractivity contribution in [2.45, 2.75) is 31.7 Å². The van der Waals surface area contributed by atoms with E-state index in [0.717, 1.165) is 22.5 Å². The number of halogens is 1. The van der Waals surface area contributed by atoms with E-state index >= 15 is 0 Å². The number of nitrogens with one attached hydrogen (secondary N) is 1. The van der Waals surface area contributed by atoms with Crippen LogP contribution in [0, 0.1) is 5.92 Å². The number of methoxy groups -OCH3 is 1. The predicted octanol–water partition coefficient (Wildman–Crippen LogP) is 3.39. The summed E-state index contributed by atoms with van der Waals surface area (Å²) in [6, 6.07) is 6.48. The summed E-state index contributed by atoms with van der Waals surface area (Å²) < 4.78 is 6.34. The van der Waals surface area contributed by atoms with Crippen LogP contribution in [0.4, 0.5) is 5.69 Å². The molecule has 0 amide bonds. The first-order chi connectivity index (χ1) is 8.74. The third-order valence-corrected chi connectivity index (χ3v) is 4.42. The molecule has 0 saturated heterocycles. The molecule has 1 aromatic carbocycles. The van der Waals surface area contributed by atoms with Crippen molar-refractivity contribution in [2.75, 3.05) is 19.0 Å². The minimum Gasteiger partial charge on any atom is -0.497 e. The standard InChI is InChI=1S/C14H21BrN2O/c1-18-11-6-7-12(15)14(8-11)17-13-5-3-2-4-10(13)9-16/h6-8,10,13,17H,2-5,9,16H2,1H3. The van der Waals surface area contributed by atoms with Gasteiger partial charge in [-0.05, 0) is 53.4 Å². The molecule has 4 heteroatoms. The zero-order valence-electron chi connectivity index (χ0n) is 10.8. The number of benzene rings is 1. The third-order valence-electron chi connectivity index (χ3n) is 3.73. The molecule has 1 aliphatic rings. The molecule has 18 heavy (non-hydrogen) atoms. The van der Waals surface area contributed by atoms with E-state index in [-0.39, 0.29) is 0 Å². The van der Waals surface area contributed by atoms with Gasteiger partial charge in [0.25, 0.3) is 0 Å². The van der Waals surface area contributed by atoms with E-state index in [2.05, 4.69) is 21.2 Å². The summed E-state index contributed by atoms with van der Waals surface area (Å²) in [5.74, 6) is 1.46. The molecule has 1 aromatic rings. The summed E-state index contributed by atoms with van der Waals surface area (Å²) in [7, 11) is 1.69. The molecule has 1 fully saturated rings. The van der Waals surface area contributed by atoms with Crippen molar-refractivity contribution in [3.8, 4) is 5.75 Å². The van der Waals surface area contributed by atoms with E-state index in [4.69, 9.17) is 10.5 Å². The number of hydrogen-bond acceptors (Lipinski definition) is 3. The van der Waals surface area contributed by atoms with Crippen LogP contribution >= 0.6 is 15.9 Å². The maximum atomic E-state index is 5.87. The smallest absolute Gasteiger partial charge is 0.121 e. The molecule has 1 saturated carbocycles. The molecule has 0 aliphatic heterocycles. The zero-order chi connectivity index (χ0) is 13.0. The quantitative estimate of drug-likeness (QED) is 0.896. The predicted molar refractivity (Wildman–Crippen MR) is 79.1 cm³/mol. The first-order valence-electron chi connectivity index (χ1n) is 6.54. The fourth-order valence-corrected chi connectivity index (χ4v) is 2.98. The summed E-state index contributed by atoms with van der Waals surface area (Å²) in [6.45, 7) is 0.763. The summed E-state index contributed by atoms with van der Waals surface area (Å²) in [5.41, 5.74) is 6.96. The summed E-state index contributed by atoms with van der Waals surface area (Å²) in [4.78, 5) is 0. The van der Waals surface area contributed by atoms with Crippen molar-refractivity contribution in [3.63, 3.8) is 0 Å². The normalized spacial score (nSPS) is 23.7. The highest BCUT2D eigenvalue weighted by atomic mass is 79.9. The first kappa shape index (κ1) is 13.7. The van der Waals surface area contributed by atoms with Crippen LogP contribution in [-0.2, 0) is 0 Å². The molecule has 0 bridgehead atoms. The number of ether oxygens (including phenoxy) is 1. The molecule has 1 aliphatic carbocycles. The number of nitrogens with two attached hydrogens (primary N) is 1. The summed E-state index contributed by atoms with van der Waals surface area (Å²) in [5, 5.41) is 3.62. The molecule has 100 valence electrons. The Kier molecular flexibility index (Phi) is 4.89.